The van der Waals surface area contributed by atoms with E-state index in [-0.39, 0.29) is 11.8 Å². The average Bonchev–Trinajstić information content (AvgIpc) is 2.80. The van der Waals surface area contributed by atoms with Gasteiger partial charge in [0.1, 0.15) is 0 Å². The Morgan fingerprint density at radius 1 is 0.906 bits per heavy atom. The summed E-state index contributed by atoms with van der Waals surface area (Å²) in [6, 6.07) is 16.2. The number of likely N-dealkylation sites (N-methyl/N-ethyl adjacent to an activating group) is 1. The van der Waals surface area contributed by atoms with Crippen molar-refractivity contribution < 1.29 is 9.59 Å². The number of piperazine rings is 1. The molecule has 2 aliphatic rings. The number of aryl methyl sites for hydroxylation is 1. The molecule has 0 radical (unpaired) electrons. The first-order valence-electron chi connectivity index (χ1n) is 11.6. The van der Waals surface area contributed by atoms with Crippen molar-refractivity contribution in [1.82, 2.24) is 9.80 Å². The highest BCUT2D eigenvalue weighted by molar-refractivity contribution is 5.99. The van der Waals surface area contributed by atoms with E-state index in [0.717, 1.165) is 37.4 Å². The van der Waals surface area contributed by atoms with Gasteiger partial charge < -0.3 is 20.0 Å². The second-order valence-corrected chi connectivity index (χ2v) is 9.20. The lowest BCUT2D eigenvalue weighted by Gasteiger charge is -2.41. The molecule has 0 spiro atoms. The Bertz CT molecular complexity index is 959. The topological polar surface area (TPSA) is 55.9 Å². The van der Waals surface area contributed by atoms with Gasteiger partial charge in [-0.1, -0.05) is 30.3 Å². The van der Waals surface area contributed by atoms with Gasteiger partial charge >= 0.3 is 0 Å². The number of nitrogens with one attached hydrogen (secondary N) is 1. The lowest BCUT2D eigenvalue weighted by Crippen LogP contribution is -2.50. The van der Waals surface area contributed by atoms with Gasteiger partial charge in [-0.15, -0.1) is 0 Å². The summed E-state index contributed by atoms with van der Waals surface area (Å²) in [5.41, 5.74) is 3.63. The summed E-state index contributed by atoms with van der Waals surface area (Å²) < 4.78 is 0. The molecule has 2 amide bonds. The monoisotopic (exact) mass is 434 g/mol. The summed E-state index contributed by atoms with van der Waals surface area (Å²) in [5, 5.41) is 3.20. The van der Waals surface area contributed by atoms with Crippen molar-refractivity contribution in [2.45, 2.75) is 32.1 Å². The van der Waals surface area contributed by atoms with Gasteiger partial charge in [0.05, 0.1) is 5.41 Å². The van der Waals surface area contributed by atoms with Crippen LogP contribution in [0.5, 0.6) is 0 Å². The molecule has 4 rings (SSSR count). The summed E-state index contributed by atoms with van der Waals surface area (Å²) in [4.78, 5) is 32.1. The second kappa shape index (κ2) is 9.33. The highest BCUT2D eigenvalue weighted by Gasteiger charge is 2.43. The van der Waals surface area contributed by atoms with Crippen LogP contribution in [-0.4, -0.2) is 67.9 Å². The molecule has 6 heteroatoms. The zero-order valence-electron chi connectivity index (χ0n) is 19.4. The maximum absolute atomic E-state index is 13.7. The minimum atomic E-state index is -0.628. The molecule has 0 atom stereocenters. The van der Waals surface area contributed by atoms with E-state index in [9.17, 15) is 9.59 Å². The van der Waals surface area contributed by atoms with Gasteiger partial charge in [0.15, 0.2) is 0 Å². The Balaban J connectivity index is 1.54. The van der Waals surface area contributed by atoms with E-state index in [1.165, 1.54) is 11.3 Å². The van der Waals surface area contributed by atoms with E-state index in [1.54, 1.807) is 6.92 Å². The molecule has 1 N–H and O–H groups in total. The summed E-state index contributed by atoms with van der Waals surface area (Å²) in [5.74, 6) is 0.0841. The van der Waals surface area contributed by atoms with E-state index in [0.29, 0.717) is 25.9 Å². The van der Waals surface area contributed by atoms with Crippen LogP contribution < -0.4 is 10.2 Å². The SMILES string of the molecule is CC(=O)N1CCC(C(=O)Nc2ccc(N3CCN(C)CC3)c(C)c2)(c2ccccc2)CC1. The third kappa shape index (κ3) is 4.51. The van der Waals surface area contributed by atoms with E-state index < -0.39 is 5.41 Å². The smallest absolute Gasteiger partial charge is 0.235 e. The maximum atomic E-state index is 13.7. The molecule has 2 saturated heterocycles. The molecule has 2 aliphatic heterocycles. The predicted octanol–water partition coefficient (Wildman–Crippen LogP) is 3.27. The van der Waals surface area contributed by atoms with Gasteiger partial charge in [-0.2, -0.15) is 0 Å². The van der Waals surface area contributed by atoms with Crippen LogP contribution in [0.25, 0.3) is 0 Å². The third-order valence-electron chi connectivity index (χ3n) is 7.12. The van der Waals surface area contributed by atoms with Gasteiger partial charge in [0.2, 0.25) is 11.8 Å². The first-order valence-corrected chi connectivity index (χ1v) is 11.6. The number of rotatable bonds is 4. The summed E-state index contributed by atoms with van der Waals surface area (Å²) in [6.07, 6.45) is 1.25. The van der Waals surface area contributed by atoms with Gasteiger partial charge in [-0.3, -0.25) is 9.59 Å². The van der Waals surface area contributed by atoms with Gasteiger partial charge in [0.25, 0.3) is 0 Å². The summed E-state index contributed by atoms with van der Waals surface area (Å²) in [6.45, 7) is 9.07. The fourth-order valence-corrected chi connectivity index (χ4v) is 4.99. The Labute approximate surface area is 191 Å². The molecule has 2 aromatic rings. The van der Waals surface area contributed by atoms with Crippen LogP contribution in [0.4, 0.5) is 11.4 Å². The normalized spacial score (nSPS) is 19.0. The van der Waals surface area contributed by atoms with Crippen molar-refractivity contribution >= 4 is 23.2 Å². The standard InChI is InChI=1S/C26H34N4O2/c1-20-19-23(9-10-24(20)30-17-15-28(3)16-18-30)27-25(32)26(22-7-5-4-6-8-22)11-13-29(14-12-26)21(2)31/h4-10,19H,11-18H2,1-3H3,(H,27,32). The fourth-order valence-electron chi connectivity index (χ4n) is 4.99. The number of hydrogen-bond acceptors (Lipinski definition) is 4. The molecule has 0 aromatic heterocycles. The average molecular weight is 435 g/mol. The Morgan fingerprint density at radius 2 is 1.56 bits per heavy atom. The fraction of sp³-hybridized carbons (Fsp3) is 0.462. The molecule has 32 heavy (non-hydrogen) atoms. The Kier molecular flexibility index (Phi) is 6.51. The van der Waals surface area contributed by atoms with Crippen molar-refractivity contribution in [3.8, 4) is 0 Å². The summed E-state index contributed by atoms with van der Waals surface area (Å²) >= 11 is 0. The number of nitrogens with zero attached hydrogens (tertiary/aromatic N) is 3. The minimum absolute atomic E-state index is 0.0126. The minimum Gasteiger partial charge on any atom is -0.369 e. The molecule has 0 unspecified atom stereocenters. The number of hydrogen-bond donors (Lipinski definition) is 1. The highest BCUT2D eigenvalue weighted by atomic mass is 16.2. The number of amides is 2. The number of carbonyl (C=O) groups is 2. The first-order chi connectivity index (χ1) is 15.4. The number of piperidine rings is 1. The van der Waals surface area contributed by atoms with Crippen molar-refractivity contribution in [3.63, 3.8) is 0 Å². The van der Waals surface area contributed by atoms with Gasteiger partial charge in [-0.25, -0.2) is 0 Å². The molecule has 6 nitrogen and oxygen atoms in total. The Hall–Kier alpha value is -2.86. The lowest BCUT2D eigenvalue weighted by atomic mass is 9.72. The van der Waals surface area contributed by atoms with Crippen LogP contribution in [0.15, 0.2) is 48.5 Å². The molecule has 2 heterocycles. The summed E-state index contributed by atoms with van der Waals surface area (Å²) in [7, 11) is 2.16. The number of anilines is 2. The molecule has 0 aliphatic carbocycles. The van der Waals surface area contributed by atoms with E-state index in [4.69, 9.17) is 0 Å². The van der Waals surface area contributed by atoms with Crippen LogP contribution in [0, 0.1) is 6.92 Å². The highest BCUT2D eigenvalue weighted by Crippen LogP contribution is 2.37. The van der Waals surface area contributed by atoms with Crippen molar-refractivity contribution in [3.05, 3.63) is 59.7 Å². The Morgan fingerprint density at radius 3 is 2.16 bits per heavy atom. The van der Waals surface area contributed by atoms with E-state index in [1.807, 2.05) is 41.3 Å². The zero-order chi connectivity index (χ0) is 22.7. The molecular formula is C26H34N4O2. The number of carbonyl (C=O) groups excluding carboxylic acids is 2. The largest absolute Gasteiger partial charge is 0.369 e. The maximum Gasteiger partial charge on any atom is 0.235 e. The molecule has 2 fully saturated rings. The predicted molar refractivity (Wildman–Crippen MR) is 129 cm³/mol. The van der Waals surface area contributed by atoms with Crippen LogP contribution in [-0.2, 0) is 15.0 Å². The zero-order valence-corrected chi connectivity index (χ0v) is 19.4. The van der Waals surface area contributed by atoms with E-state index in [2.05, 4.69) is 41.2 Å². The molecule has 0 bridgehead atoms. The number of likely N-dealkylation sites (tertiary alicyclic amines) is 1. The molecular weight excluding hydrogens is 400 g/mol. The van der Waals surface area contributed by atoms with Crippen molar-refractivity contribution in [1.29, 1.82) is 0 Å². The molecule has 0 saturated carbocycles. The van der Waals surface area contributed by atoms with Gasteiger partial charge in [0, 0.05) is 57.6 Å². The van der Waals surface area contributed by atoms with Crippen LogP contribution in [0.1, 0.15) is 30.9 Å². The van der Waals surface area contributed by atoms with E-state index >= 15 is 0 Å². The molecule has 2 aromatic carbocycles. The van der Waals surface area contributed by atoms with Crippen LogP contribution in [0.2, 0.25) is 0 Å². The molecule has 170 valence electrons. The van der Waals surface area contributed by atoms with Gasteiger partial charge in [-0.05, 0) is 56.1 Å². The first kappa shape index (κ1) is 22.3. The van der Waals surface area contributed by atoms with Crippen LogP contribution in [0.3, 0.4) is 0 Å². The van der Waals surface area contributed by atoms with Crippen LogP contribution >= 0.6 is 0 Å². The number of benzene rings is 2. The quantitative estimate of drug-likeness (QED) is 0.803. The van der Waals surface area contributed by atoms with Crippen molar-refractivity contribution in [2.24, 2.45) is 0 Å². The lowest BCUT2D eigenvalue weighted by molar-refractivity contribution is -0.133. The second-order valence-electron chi connectivity index (χ2n) is 9.20. The van der Waals surface area contributed by atoms with Crippen molar-refractivity contribution in [2.75, 3.05) is 56.5 Å². The third-order valence-corrected chi connectivity index (χ3v) is 7.12.